The van der Waals surface area contributed by atoms with Crippen molar-refractivity contribution in [2.75, 3.05) is 11.9 Å². The third-order valence-electron chi connectivity index (χ3n) is 4.97. The quantitative estimate of drug-likeness (QED) is 0.941. The highest BCUT2D eigenvalue weighted by Crippen LogP contribution is 2.37. The predicted molar refractivity (Wildman–Crippen MR) is 89.3 cm³/mol. The molecule has 3 heterocycles. The molecule has 0 saturated carbocycles. The SMILES string of the molecule is Cn1cc([C@@H]2CCCN2C(=O)C[C@H]2C(=O)Nc3ccccc32)cn1. The summed E-state index contributed by atoms with van der Waals surface area (Å²) in [5, 5.41) is 7.08. The molecule has 2 aliphatic heterocycles. The van der Waals surface area contributed by atoms with Crippen molar-refractivity contribution < 1.29 is 9.59 Å². The molecule has 24 heavy (non-hydrogen) atoms. The Labute approximate surface area is 140 Å². The molecule has 124 valence electrons. The lowest BCUT2D eigenvalue weighted by Gasteiger charge is -2.25. The molecular weight excluding hydrogens is 304 g/mol. The van der Waals surface area contributed by atoms with Crippen LogP contribution in [0.1, 0.15) is 42.3 Å². The average Bonchev–Trinajstić information content (AvgIpc) is 3.27. The fourth-order valence-electron chi connectivity index (χ4n) is 3.79. The summed E-state index contributed by atoms with van der Waals surface area (Å²) in [5.41, 5.74) is 2.82. The second-order valence-electron chi connectivity index (χ2n) is 6.53. The van der Waals surface area contributed by atoms with Crippen LogP contribution >= 0.6 is 0 Å². The third-order valence-corrected chi connectivity index (χ3v) is 4.97. The number of aromatic nitrogens is 2. The second kappa shape index (κ2) is 5.78. The van der Waals surface area contributed by atoms with E-state index in [1.54, 1.807) is 4.68 Å². The molecule has 2 aliphatic rings. The molecule has 1 aromatic carbocycles. The van der Waals surface area contributed by atoms with Gasteiger partial charge in [0.2, 0.25) is 11.8 Å². The van der Waals surface area contributed by atoms with Gasteiger partial charge in [-0.3, -0.25) is 14.3 Å². The summed E-state index contributed by atoms with van der Waals surface area (Å²) >= 11 is 0. The lowest BCUT2D eigenvalue weighted by molar-refractivity contribution is -0.134. The molecule has 2 atom stereocenters. The van der Waals surface area contributed by atoms with Crippen molar-refractivity contribution in [2.45, 2.75) is 31.2 Å². The summed E-state index contributed by atoms with van der Waals surface area (Å²) in [4.78, 5) is 27.0. The van der Waals surface area contributed by atoms with Crippen LogP contribution in [0.5, 0.6) is 0 Å². The van der Waals surface area contributed by atoms with Crippen LogP contribution in [0.15, 0.2) is 36.7 Å². The standard InChI is InChI=1S/C18H20N4O2/c1-21-11-12(10-19-21)16-7-4-8-22(16)17(23)9-14-13-5-2-3-6-15(13)20-18(14)24/h2-3,5-6,10-11,14,16H,4,7-9H2,1H3,(H,20,24)/t14-,16+/m1/s1. The first-order chi connectivity index (χ1) is 11.6. The van der Waals surface area contributed by atoms with Crippen molar-refractivity contribution in [3.8, 4) is 0 Å². The van der Waals surface area contributed by atoms with E-state index in [4.69, 9.17) is 0 Å². The minimum absolute atomic E-state index is 0.0400. The van der Waals surface area contributed by atoms with Gasteiger partial charge >= 0.3 is 0 Å². The van der Waals surface area contributed by atoms with E-state index in [0.29, 0.717) is 0 Å². The first kappa shape index (κ1) is 14.9. The number of rotatable bonds is 3. The fourth-order valence-corrected chi connectivity index (χ4v) is 3.79. The maximum Gasteiger partial charge on any atom is 0.232 e. The second-order valence-corrected chi connectivity index (χ2v) is 6.53. The first-order valence-electron chi connectivity index (χ1n) is 8.31. The van der Waals surface area contributed by atoms with Crippen molar-refractivity contribution >= 4 is 17.5 Å². The van der Waals surface area contributed by atoms with Gasteiger partial charge in [0.15, 0.2) is 0 Å². The summed E-state index contributed by atoms with van der Waals surface area (Å²) in [6.07, 6.45) is 5.95. The van der Waals surface area contributed by atoms with Gasteiger partial charge in [-0.05, 0) is 24.5 Å². The van der Waals surface area contributed by atoms with Gasteiger partial charge in [-0.2, -0.15) is 5.10 Å². The summed E-state index contributed by atoms with van der Waals surface area (Å²) in [6.45, 7) is 0.744. The lowest BCUT2D eigenvalue weighted by atomic mass is 9.96. The van der Waals surface area contributed by atoms with Crippen LogP contribution in [0.3, 0.4) is 0 Å². The number of benzene rings is 1. The van der Waals surface area contributed by atoms with E-state index in [0.717, 1.165) is 36.2 Å². The first-order valence-corrected chi connectivity index (χ1v) is 8.31. The summed E-state index contributed by atoms with van der Waals surface area (Å²) < 4.78 is 1.76. The Kier molecular flexibility index (Phi) is 3.59. The number of nitrogens with zero attached hydrogens (tertiary/aromatic N) is 3. The number of nitrogens with one attached hydrogen (secondary N) is 1. The molecule has 2 amide bonds. The summed E-state index contributed by atoms with van der Waals surface area (Å²) in [7, 11) is 1.88. The smallest absolute Gasteiger partial charge is 0.232 e. The van der Waals surface area contributed by atoms with E-state index in [1.165, 1.54) is 0 Å². The van der Waals surface area contributed by atoms with Gasteiger partial charge in [0.25, 0.3) is 0 Å². The zero-order chi connectivity index (χ0) is 16.7. The molecule has 4 rings (SSSR count). The molecule has 0 spiro atoms. The van der Waals surface area contributed by atoms with E-state index in [9.17, 15) is 9.59 Å². The summed E-state index contributed by atoms with van der Waals surface area (Å²) in [5.74, 6) is -0.427. The molecule has 0 bridgehead atoms. The van der Waals surface area contributed by atoms with Crippen LogP contribution in [0.25, 0.3) is 0 Å². The van der Waals surface area contributed by atoms with E-state index in [2.05, 4.69) is 10.4 Å². The van der Waals surface area contributed by atoms with Crippen molar-refractivity contribution in [2.24, 2.45) is 7.05 Å². The minimum Gasteiger partial charge on any atom is -0.336 e. The van der Waals surface area contributed by atoms with E-state index < -0.39 is 0 Å². The van der Waals surface area contributed by atoms with Crippen molar-refractivity contribution in [3.05, 3.63) is 47.8 Å². The van der Waals surface area contributed by atoms with Crippen molar-refractivity contribution in [1.82, 2.24) is 14.7 Å². The highest BCUT2D eigenvalue weighted by Gasteiger charge is 2.36. The van der Waals surface area contributed by atoms with Gasteiger partial charge in [0.1, 0.15) is 0 Å². The Balaban J connectivity index is 1.53. The van der Waals surface area contributed by atoms with Gasteiger partial charge in [-0.1, -0.05) is 18.2 Å². The van der Waals surface area contributed by atoms with Crippen LogP contribution in [-0.2, 0) is 16.6 Å². The third kappa shape index (κ3) is 2.48. The fraction of sp³-hybridized carbons (Fsp3) is 0.389. The Hall–Kier alpha value is -2.63. The normalized spacial score (nSPS) is 22.5. The highest BCUT2D eigenvalue weighted by atomic mass is 16.2. The van der Waals surface area contributed by atoms with Crippen LogP contribution in [0.2, 0.25) is 0 Å². The van der Waals surface area contributed by atoms with Crippen molar-refractivity contribution in [3.63, 3.8) is 0 Å². The van der Waals surface area contributed by atoms with Crippen LogP contribution < -0.4 is 5.32 Å². The number of likely N-dealkylation sites (tertiary alicyclic amines) is 1. The number of carbonyl (C=O) groups is 2. The van der Waals surface area contributed by atoms with E-state index in [1.807, 2.05) is 48.6 Å². The maximum atomic E-state index is 12.9. The number of anilines is 1. The number of carbonyl (C=O) groups excluding carboxylic acids is 2. The molecule has 1 aromatic heterocycles. The molecule has 2 aromatic rings. The molecule has 1 fully saturated rings. The Bertz CT molecular complexity index is 798. The topological polar surface area (TPSA) is 67.2 Å². The largest absolute Gasteiger partial charge is 0.336 e. The minimum atomic E-state index is -0.385. The Morgan fingerprint density at radius 2 is 2.21 bits per heavy atom. The molecule has 6 heteroatoms. The maximum absolute atomic E-state index is 12.9. The van der Waals surface area contributed by atoms with Crippen molar-refractivity contribution in [1.29, 1.82) is 0 Å². The van der Waals surface area contributed by atoms with Gasteiger partial charge in [0.05, 0.1) is 18.2 Å². The van der Waals surface area contributed by atoms with Crippen LogP contribution in [0.4, 0.5) is 5.69 Å². The molecule has 6 nitrogen and oxygen atoms in total. The highest BCUT2D eigenvalue weighted by molar-refractivity contribution is 6.04. The van der Waals surface area contributed by atoms with Gasteiger partial charge in [0, 0.05) is 37.5 Å². The number of amides is 2. The molecule has 0 radical (unpaired) electrons. The van der Waals surface area contributed by atoms with Crippen LogP contribution in [-0.4, -0.2) is 33.0 Å². The van der Waals surface area contributed by atoms with Gasteiger partial charge < -0.3 is 10.2 Å². The number of hydrogen-bond acceptors (Lipinski definition) is 3. The molecule has 1 N–H and O–H groups in total. The lowest BCUT2D eigenvalue weighted by Crippen LogP contribution is -2.32. The summed E-state index contributed by atoms with van der Waals surface area (Å²) in [6, 6.07) is 7.68. The number of para-hydroxylation sites is 1. The molecule has 1 saturated heterocycles. The molecule has 0 unspecified atom stereocenters. The zero-order valence-corrected chi connectivity index (χ0v) is 13.6. The monoisotopic (exact) mass is 324 g/mol. The number of fused-ring (bicyclic) bond motifs is 1. The Morgan fingerprint density at radius 1 is 1.38 bits per heavy atom. The molecular formula is C18H20N4O2. The Morgan fingerprint density at radius 3 is 3.00 bits per heavy atom. The van der Waals surface area contributed by atoms with E-state index in [-0.39, 0.29) is 30.2 Å². The predicted octanol–water partition coefficient (Wildman–Crippen LogP) is 2.21. The number of aryl methyl sites for hydroxylation is 1. The van der Waals surface area contributed by atoms with Gasteiger partial charge in [-0.25, -0.2) is 0 Å². The van der Waals surface area contributed by atoms with Crippen LogP contribution in [0, 0.1) is 0 Å². The van der Waals surface area contributed by atoms with E-state index >= 15 is 0 Å². The van der Waals surface area contributed by atoms with Gasteiger partial charge in [-0.15, -0.1) is 0 Å². The molecule has 0 aliphatic carbocycles. The zero-order valence-electron chi connectivity index (χ0n) is 13.6. The average molecular weight is 324 g/mol. The number of hydrogen-bond donors (Lipinski definition) is 1.